The van der Waals surface area contributed by atoms with Gasteiger partial charge in [0.1, 0.15) is 5.82 Å². The van der Waals surface area contributed by atoms with Crippen molar-refractivity contribution in [3.63, 3.8) is 0 Å². The molecule has 1 aliphatic rings. The SMILES string of the molecule is O=S(=O)(CCN1CCC(C(c2ccccc2)c2ccccc2)CC1)c1ccc(F)cc1. The van der Waals surface area contributed by atoms with E-state index in [1.54, 1.807) is 0 Å². The Morgan fingerprint density at radius 3 is 1.84 bits per heavy atom. The summed E-state index contributed by atoms with van der Waals surface area (Å²) in [5, 5.41) is 0. The van der Waals surface area contributed by atoms with Gasteiger partial charge in [-0.3, -0.25) is 0 Å². The summed E-state index contributed by atoms with van der Waals surface area (Å²) in [6.07, 6.45) is 2.07. The van der Waals surface area contributed by atoms with Crippen LogP contribution in [0.15, 0.2) is 89.8 Å². The lowest BCUT2D eigenvalue weighted by Gasteiger charge is -2.36. The Balaban J connectivity index is 1.39. The highest BCUT2D eigenvalue weighted by atomic mass is 32.2. The highest BCUT2D eigenvalue weighted by molar-refractivity contribution is 7.91. The summed E-state index contributed by atoms with van der Waals surface area (Å²) >= 11 is 0. The van der Waals surface area contributed by atoms with Gasteiger partial charge in [0.2, 0.25) is 0 Å². The molecule has 4 rings (SSSR count). The van der Waals surface area contributed by atoms with Gasteiger partial charge >= 0.3 is 0 Å². The fourth-order valence-electron chi connectivity index (χ4n) is 4.58. The maximum atomic E-state index is 13.1. The van der Waals surface area contributed by atoms with E-state index in [2.05, 4.69) is 65.6 Å². The fourth-order valence-corrected chi connectivity index (χ4v) is 5.86. The van der Waals surface area contributed by atoms with Crippen molar-refractivity contribution in [2.24, 2.45) is 5.92 Å². The van der Waals surface area contributed by atoms with Gasteiger partial charge in [0.15, 0.2) is 9.84 Å². The van der Waals surface area contributed by atoms with Gasteiger partial charge in [0.25, 0.3) is 0 Å². The van der Waals surface area contributed by atoms with Crippen LogP contribution >= 0.6 is 0 Å². The quantitative estimate of drug-likeness (QED) is 0.480. The van der Waals surface area contributed by atoms with Crippen LogP contribution in [0.5, 0.6) is 0 Å². The molecule has 0 amide bonds. The van der Waals surface area contributed by atoms with E-state index in [1.807, 2.05) is 0 Å². The van der Waals surface area contributed by atoms with Crippen LogP contribution in [-0.4, -0.2) is 38.7 Å². The van der Waals surface area contributed by atoms with Gasteiger partial charge in [-0.1, -0.05) is 60.7 Å². The van der Waals surface area contributed by atoms with E-state index in [-0.39, 0.29) is 10.6 Å². The molecule has 0 saturated carbocycles. The first kappa shape index (κ1) is 21.7. The normalized spacial score (nSPS) is 15.9. The molecule has 5 heteroatoms. The number of hydrogen-bond acceptors (Lipinski definition) is 3. The van der Waals surface area contributed by atoms with Crippen LogP contribution in [0.2, 0.25) is 0 Å². The van der Waals surface area contributed by atoms with E-state index in [1.165, 1.54) is 35.4 Å². The Morgan fingerprint density at radius 2 is 1.32 bits per heavy atom. The van der Waals surface area contributed by atoms with Crippen molar-refractivity contribution in [2.75, 3.05) is 25.4 Å². The fraction of sp³-hybridized carbons (Fsp3) is 0.308. The highest BCUT2D eigenvalue weighted by Gasteiger charge is 2.29. The zero-order chi connectivity index (χ0) is 21.7. The molecule has 0 bridgehead atoms. The zero-order valence-corrected chi connectivity index (χ0v) is 18.3. The molecule has 0 radical (unpaired) electrons. The number of sulfone groups is 1. The molecule has 0 aromatic heterocycles. The minimum Gasteiger partial charge on any atom is -0.302 e. The van der Waals surface area contributed by atoms with Crippen LogP contribution in [0.1, 0.15) is 29.9 Å². The number of rotatable bonds is 7. The summed E-state index contributed by atoms with van der Waals surface area (Å²) in [4.78, 5) is 2.43. The van der Waals surface area contributed by atoms with Crippen LogP contribution in [0.4, 0.5) is 4.39 Å². The number of piperidine rings is 1. The lowest BCUT2D eigenvalue weighted by Crippen LogP contribution is -2.38. The van der Waals surface area contributed by atoms with E-state index in [0.717, 1.165) is 25.9 Å². The standard InChI is InChI=1S/C26H28FNO2S/c27-24-11-13-25(14-12-24)31(29,30)20-19-28-17-15-23(16-18-28)26(21-7-3-1-4-8-21)22-9-5-2-6-10-22/h1-14,23,26H,15-20H2. The number of likely N-dealkylation sites (tertiary alicyclic amines) is 1. The van der Waals surface area contributed by atoms with Gasteiger partial charge in [-0.15, -0.1) is 0 Å². The van der Waals surface area contributed by atoms with Crippen molar-refractivity contribution in [1.29, 1.82) is 0 Å². The second-order valence-corrected chi connectivity index (χ2v) is 10.4. The Hall–Kier alpha value is -2.50. The molecule has 0 atom stereocenters. The molecule has 0 spiro atoms. The summed E-state index contributed by atoms with van der Waals surface area (Å²) < 4.78 is 38.3. The summed E-state index contributed by atoms with van der Waals surface area (Å²) in [5.74, 6) is 0.513. The van der Waals surface area contributed by atoms with Crippen LogP contribution in [0.3, 0.4) is 0 Å². The maximum absolute atomic E-state index is 13.1. The zero-order valence-electron chi connectivity index (χ0n) is 17.5. The van der Waals surface area contributed by atoms with E-state index < -0.39 is 15.7 Å². The Bertz CT molecular complexity index is 1020. The summed E-state index contributed by atoms with van der Waals surface area (Å²) in [6, 6.07) is 26.4. The summed E-state index contributed by atoms with van der Waals surface area (Å²) in [5.41, 5.74) is 2.68. The van der Waals surface area contributed by atoms with Crippen molar-refractivity contribution >= 4 is 9.84 Å². The topological polar surface area (TPSA) is 37.4 Å². The third kappa shape index (κ3) is 5.41. The van der Waals surface area contributed by atoms with Crippen molar-refractivity contribution in [2.45, 2.75) is 23.7 Å². The smallest absolute Gasteiger partial charge is 0.179 e. The first-order chi connectivity index (χ1) is 15.0. The van der Waals surface area contributed by atoms with E-state index >= 15 is 0 Å². The number of hydrogen-bond donors (Lipinski definition) is 0. The molecule has 1 aliphatic heterocycles. The van der Waals surface area contributed by atoms with E-state index in [9.17, 15) is 12.8 Å². The molecule has 3 nitrogen and oxygen atoms in total. The van der Waals surface area contributed by atoms with Gasteiger partial charge in [-0.05, 0) is 67.2 Å². The van der Waals surface area contributed by atoms with Gasteiger partial charge in [0, 0.05) is 12.5 Å². The third-order valence-electron chi connectivity index (χ3n) is 6.27. The molecule has 0 N–H and O–H groups in total. The monoisotopic (exact) mass is 437 g/mol. The maximum Gasteiger partial charge on any atom is 0.179 e. The molecule has 1 fully saturated rings. The molecular formula is C26H28FNO2S. The molecule has 3 aromatic carbocycles. The van der Waals surface area contributed by atoms with Gasteiger partial charge < -0.3 is 4.90 Å². The largest absolute Gasteiger partial charge is 0.302 e. The Labute approximate surface area is 184 Å². The second kappa shape index (κ2) is 9.75. The number of halogens is 1. The summed E-state index contributed by atoms with van der Waals surface area (Å²) in [6.45, 7) is 2.29. The van der Waals surface area contributed by atoms with Gasteiger partial charge in [-0.25, -0.2) is 12.8 Å². The van der Waals surface area contributed by atoms with Crippen LogP contribution in [0, 0.1) is 11.7 Å². The third-order valence-corrected chi connectivity index (χ3v) is 7.98. The summed E-state index contributed by atoms with van der Waals surface area (Å²) in [7, 11) is -3.40. The number of benzene rings is 3. The lowest BCUT2D eigenvalue weighted by molar-refractivity contribution is 0.183. The van der Waals surface area contributed by atoms with Crippen molar-refractivity contribution in [3.8, 4) is 0 Å². The first-order valence-electron chi connectivity index (χ1n) is 10.8. The molecular weight excluding hydrogens is 409 g/mol. The van der Waals surface area contributed by atoms with Crippen LogP contribution in [0.25, 0.3) is 0 Å². The lowest BCUT2D eigenvalue weighted by atomic mass is 9.76. The van der Waals surface area contributed by atoms with E-state index in [0.29, 0.717) is 18.4 Å². The predicted molar refractivity (Wildman–Crippen MR) is 122 cm³/mol. The average Bonchev–Trinajstić information content (AvgIpc) is 2.81. The molecule has 3 aromatic rings. The highest BCUT2D eigenvalue weighted by Crippen LogP contribution is 2.37. The second-order valence-electron chi connectivity index (χ2n) is 8.25. The molecule has 1 heterocycles. The molecule has 162 valence electrons. The van der Waals surface area contributed by atoms with Crippen LogP contribution < -0.4 is 0 Å². The van der Waals surface area contributed by atoms with Gasteiger partial charge in [0.05, 0.1) is 10.6 Å². The minimum atomic E-state index is -3.40. The minimum absolute atomic E-state index is 0.0596. The van der Waals surface area contributed by atoms with Crippen LogP contribution in [-0.2, 0) is 9.84 Å². The van der Waals surface area contributed by atoms with Crippen molar-refractivity contribution in [1.82, 2.24) is 4.90 Å². The average molecular weight is 438 g/mol. The Morgan fingerprint density at radius 1 is 0.806 bits per heavy atom. The van der Waals surface area contributed by atoms with Gasteiger partial charge in [-0.2, -0.15) is 0 Å². The molecule has 1 saturated heterocycles. The number of nitrogens with zero attached hydrogens (tertiary/aromatic N) is 1. The van der Waals surface area contributed by atoms with E-state index in [4.69, 9.17) is 0 Å². The molecule has 0 aliphatic carbocycles. The van der Waals surface area contributed by atoms with Crippen molar-refractivity contribution < 1.29 is 12.8 Å². The molecule has 0 unspecified atom stereocenters. The first-order valence-corrected chi connectivity index (χ1v) is 12.5. The molecule has 31 heavy (non-hydrogen) atoms. The Kier molecular flexibility index (Phi) is 6.83. The van der Waals surface area contributed by atoms with Crippen molar-refractivity contribution in [3.05, 3.63) is 102 Å². The predicted octanol–water partition coefficient (Wildman–Crippen LogP) is 5.14.